The van der Waals surface area contributed by atoms with E-state index in [1.807, 2.05) is 14.1 Å². The van der Waals surface area contributed by atoms with Crippen molar-refractivity contribution >= 4 is 44.2 Å². The number of benzene rings is 2. The lowest BCUT2D eigenvalue weighted by molar-refractivity contribution is 0.0982. The molecule has 0 fully saturated rings. The second kappa shape index (κ2) is 10.2. The fraction of sp³-hybridized carbons (Fsp3) is 0.364. The third-order valence-electron chi connectivity index (χ3n) is 4.76. The largest absolute Gasteiger partial charge is 0.494 e. The van der Waals surface area contributed by atoms with Crippen molar-refractivity contribution in [1.29, 1.82) is 0 Å². The zero-order chi connectivity index (χ0) is 22.5. The molecule has 3 aromatic rings. The van der Waals surface area contributed by atoms with Gasteiger partial charge in [0.1, 0.15) is 11.3 Å². The molecular weight excluding hydrogens is 438 g/mol. The first kappa shape index (κ1) is 23.1. The van der Waals surface area contributed by atoms with Crippen molar-refractivity contribution in [3.8, 4) is 17.2 Å². The number of nitrogens with zero attached hydrogens (tertiary/aromatic N) is 3. The maximum atomic E-state index is 13.7. The van der Waals surface area contributed by atoms with Gasteiger partial charge < -0.3 is 19.1 Å². The number of para-hydroxylation sites is 1. The molecule has 2 aromatic carbocycles. The van der Waals surface area contributed by atoms with Crippen LogP contribution in [0.2, 0.25) is 5.02 Å². The molecule has 0 aliphatic heterocycles. The zero-order valence-corrected chi connectivity index (χ0v) is 19.8. The fourth-order valence-electron chi connectivity index (χ4n) is 3.25. The Morgan fingerprint density at radius 2 is 1.77 bits per heavy atom. The number of methoxy groups -OCH3 is 3. The molecule has 1 amide bonds. The molecule has 0 bridgehead atoms. The lowest BCUT2D eigenvalue weighted by Gasteiger charge is -2.22. The second-order valence-corrected chi connectivity index (χ2v) is 8.46. The lowest BCUT2D eigenvalue weighted by atomic mass is 10.1. The SMILES string of the molecule is COc1cccc(C(=O)N(CCCN(C)C)c2nc3c(OC)ccc(Cl)c3s2)c1OC. The number of carbonyl (C=O) groups excluding carboxylic acids is 1. The molecular formula is C22H26ClN3O4S. The van der Waals surface area contributed by atoms with Gasteiger partial charge in [0.2, 0.25) is 0 Å². The Morgan fingerprint density at radius 3 is 2.42 bits per heavy atom. The van der Waals surface area contributed by atoms with Crippen molar-refractivity contribution in [3.05, 3.63) is 40.9 Å². The van der Waals surface area contributed by atoms with Crippen molar-refractivity contribution in [3.63, 3.8) is 0 Å². The van der Waals surface area contributed by atoms with Crippen LogP contribution in [0.25, 0.3) is 10.2 Å². The van der Waals surface area contributed by atoms with Gasteiger partial charge in [-0.3, -0.25) is 9.69 Å². The molecule has 9 heteroatoms. The molecule has 0 unspecified atom stereocenters. The molecule has 1 heterocycles. The summed E-state index contributed by atoms with van der Waals surface area (Å²) in [6.07, 6.45) is 0.770. The van der Waals surface area contributed by atoms with Crippen molar-refractivity contribution in [1.82, 2.24) is 9.88 Å². The minimum Gasteiger partial charge on any atom is -0.494 e. The average molecular weight is 464 g/mol. The Labute approximate surface area is 191 Å². The summed E-state index contributed by atoms with van der Waals surface area (Å²) in [5, 5.41) is 1.12. The summed E-state index contributed by atoms with van der Waals surface area (Å²) in [5.74, 6) is 1.28. The summed E-state index contributed by atoms with van der Waals surface area (Å²) in [6, 6.07) is 8.80. The summed E-state index contributed by atoms with van der Waals surface area (Å²) in [4.78, 5) is 22.1. The number of halogens is 1. The number of thiazole rings is 1. The van der Waals surface area contributed by atoms with Gasteiger partial charge in [0.25, 0.3) is 5.91 Å². The number of aromatic nitrogens is 1. The van der Waals surface area contributed by atoms with E-state index in [1.54, 1.807) is 49.5 Å². The van der Waals surface area contributed by atoms with Crippen LogP contribution in [0, 0.1) is 0 Å². The number of fused-ring (bicyclic) bond motifs is 1. The van der Waals surface area contributed by atoms with E-state index in [2.05, 4.69) is 4.90 Å². The fourth-order valence-corrected chi connectivity index (χ4v) is 4.53. The van der Waals surface area contributed by atoms with Gasteiger partial charge >= 0.3 is 0 Å². The van der Waals surface area contributed by atoms with Crippen molar-refractivity contribution in [2.24, 2.45) is 0 Å². The van der Waals surface area contributed by atoms with E-state index in [9.17, 15) is 4.79 Å². The number of amides is 1. The number of hydrogen-bond donors (Lipinski definition) is 0. The van der Waals surface area contributed by atoms with Crippen LogP contribution in [0.15, 0.2) is 30.3 Å². The van der Waals surface area contributed by atoms with Gasteiger partial charge in [-0.1, -0.05) is 29.0 Å². The van der Waals surface area contributed by atoms with E-state index < -0.39 is 0 Å². The predicted molar refractivity (Wildman–Crippen MR) is 126 cm³/mol. The minimum atomic E-state index is -0.219. The molecule has 3 rings (SSSR count). The average Bonchev–Trinajstić information content (AvgIpc) is 3.21. The predicted octanol–water partition coefficient (Wildman–Crippen LogP) is 4.57. The van der Waals surface area contributed by atoms with Gasteiger partial charge in [-0.25, -0.2) is 4.98 Å². The van der Waals surface area contributed by atoms with E-state index in [1.165, 1.54) is 18.4 Å². The lowest BCUT2D eigenvalue weighted by Crippen LogP contribution is -2.33. The van der Waals surface area contributed by atoms with Crippen molar-refractivity contribution in [2.45, 2.75) is 6.42 Å². The molecule has 0 aliphatic rings. The summed E-state index contributed by atoms with van der Waals surface area (Å²) in [6.45, 7) is 1.31. The molecule has 0 saturated carbocycles. The summed E-state index contributed by atoms with van der Waals surface area (Å²) in [7, 11) is 8.65. The van der Waals surface area contributed by atoms with Gasteiger partial charge in [0.15, 0.2) is 16.6 Å². The number of anilines is 1. The van der Waals surface area contributed by atoms with Crippen molar-refractivity contribution < 1.29 is 19.0 Å². The standard InChI is InChI=1S/C22H26ClN3O4S/c1-25(2)12-7-13-26(21(27)14-8-6-9-17(29-4)19(14)30-5)22-24-18-16(28-3)11-10-15(23)20(18)31-22/h6,8-11H,7,12-13H2,1-5H3. The minimum absolute atomic E-state index is 0.219. The van der Waals surface area contributed by atoms with Crippen LogP contribution in [0.1, 0.15) is 16.8 Å². The van der Waals surface area contributed by atoms with E-state index in [4.69, 9.17) is 30.8 Å². The topological polar surface area (TPSA) is 64.1 Å². The van der Waals surface area contributed by atoms with Crippen LogP contribution >= 0.6 is 22.9 Å². The molecule has 7 nitrogen and oxygen atoms in total. The molecule has 0 N–H and O–H groups in total. The highest BCUT2D eigenvalue weighted by molar-refractivity contribution is 7.23. The molecule has 0 spiro atoms. The van der Waals surface area contributed by atoms with Crippen LogP contribution in [0.4, 0.5) is 5.13 Å². The second-order valence-electron chi connectivity index (χ2n) is 7.08. The van der Waals surface area contributed by atoms with Gasteiger partial charge in [0.05, 0.1) is 36.6 Å². The number of carbonyl (C=O) groups is 1. The quantitative estimate of drug-likeness (QED) is 0.463. The Balaban J connectivity index is 2.08. The van der Waals surface area contributed by atoms with E-state index >= 15 is 0 Å². The smallest absolute Gasteiger partial charge is 0.263 e. The Kier molecular flexibility index (Phi) is 7.59. The van der Waals surface area contributed by atoms with Gasteiger partial charge in [-0.15, -0.1) is 0 Å². The van der Waals surface area contributed by atoms with Crippen LogP contribution < -0.4 is 19.1 Å². The molecule has 0 aliphatic carbocycles. The van der Waals surface area contributed by atoms with Crippen LogP contribution in [0.5, 0.6) is 17.2 Å². The summed E-state index contributed by atoms with van der Waals surface area (Å²) in [5.41, 5.74) is 1.04. The van der Waals surface area contributed by atoms with Gasteiger partial charge in [-0.05, 0) is 51.3 Å². The molecule has 166 valence electrons. The number of ether oxygens (including phenoxy) is 3. The zero-order valence-electron chi connectivity index (χ0n) is 18.3. The van der Waals surface area contributed by atoms with Gasteiger partial charge in [0, 0.05) is 6.54 Å². The van der Waals surface area contributed by atoms with Crippen LogP contribution in [-0.2, 0) is 0 Å². The van der Waals surface area contributed by atoms with E-state index in [0.29, 0.717) is 45.0 Å². The maximum absolute atomic E-state index is 13.7. The highest BCUT2D eigenvalue weighted by Crippen LogP contribution is 2.40. The highest BCUT2D eigenvalue weighted by Gasteiger charge is 2.26. The Bertz CT molecular complexity index is 1070. The van der Waals surface area contributed by atoms with E-state index in [-0.39, 0.29) is 5.91 Å². The highest BCUT2D eigenvalue weighted by atomic mass is 35.5. The van der Waals surface area contributed by atoms with Crippen LogP contribution in [0.3, 0.4) is 0 Å². The monoisotopic (exact) mass is 463 g/mol. The molecule has 0 atom stereocenters. The van der Waals surface area contributed by atoms with Gasteiger partial charge in [-0.2, -0.15) is 0 Å². The molecule has 31 heavy (non-hydrogen) atoms. The first-order valence-electron chi connectivity index (χ1n) is 9.71. The van der Waals surface area contributed by atoms with Crippen LogP contribution in [-0.4, -0.2) is 64.3 Å². The third kappa shape index (κ3) is 4.87. The Morgan fingerprint density at radius 1 is 1.03 bits per heavy atom. The third-order valence-corrected chi connectivity index (χ3v) is 6.30. The van der Waals surface area contributed by atoms with E-state index in [0.717, 1.165) is 17.7 Å². The molecule has 1 aromatic heterocycles. The summed E-state index contributed by atoms with van der Waals surface area (Å²) < 4.78 is 17.1. The normalized spacial score (nSPS) is 11.1. The maximum Gasteiger partial charge on any atom is 0.263 e. The molecule has 0 saturated heterocycles. The first-order chi connectivity index (χ1) is 14.9. The van der Waals surface area contributed by atoms with Crippen molar-refractivity contribution in [2.75, 3.05) is 53.4 Å². The first-order valence-corrected chi connectivity index (χ1v) is 10.9. The number of rotatable bonds is 9. The summed E-state index contributed by atoms with van der Waals surface area (Å²) >= 11 is 7.77. The Hall–Kier alpha value is -2.55. The molecule has 0 radical (unpaired) electrons. The number of hydrogen-bond acceptors (Lipinski definition) is 7.